The predicted octanol–water partition coefficient (Wildman–Crippen LogP) is 1.45. The number of allylic oxidation sites excluding steroid dienone is 2. The van der Waals surface area contributed by atoms with Crippen LogP contribution in [0.1, 0.15) is 33.5 Å². The van der Waals surface area contributed by atoms with Gasteiger partial charge in [-0.2, -0.15) is 4.79 Å². The van der Waals surface area contributed by atoms with Crippen LogP contribution < -0.4 is 10.4 Å². The minimum atomic E-state index is -0.0459. The minimum Gasteiger partial charge on any atom is -0.361 e. The highest BCUT2D eigenvalue weighted by molar-refractivity contribution is 6.41. The first-order valence-corrected chi connectivity index (χ1v) is 8.15. The first-order chi connectivity index (χ1) is 12.2. The molecule has 0 bridgehead atoms. The average molecular weight is 324 g/mol. The van der Waals surface area contributed by atoms with E-state index in [1.807, 2.05) is 42.5 Å². The van der Waals surface area contributed by atoms with E-state index in [0.29, 0.717) is 29.7 Å². The first-order valence-electron chi connectivity index (χ1n) is 8.15. The molecule has 0 amide bonds. The number of hydrogen-bond donors (Lipinski definition) is 0. The van der Waals surface area contributed by atoms with E-state index in [1.165, 1.54) is 0 Å². The number of benzene rings is 2. The molecular weight excluding hydrogens is 312 g/mol. The fraction of sp³-hybridized carbons (Fsp3) is 0.0952. The quantitative estimate of drug-likeness (QED) is 0.543. The standard InChI is InChI=1S/C21H12N2O2/c22-23-20-16-7-5-12-9-13(24)6-8-14(12)18(16)19-17(20)10-11-3-1-2-4-15(11)21(19)25/h1-5,7-9H,6,10H2. The van der Waals surface area contributed by atoms with Crippen LogP contribution in [-0.2, 0) is 11.2 Å². The van der Waals surface area contributed by atoms with Gasteiger partial charge in [-0.1, -0.05) is 36.4 Å². The summed E-state index contributed by atoms with van der Waals surface area (Å²) < 4.78 is 0. The van der Waals surface area contributed by atoms with Crippen molar-refractivity contribution in [3.8, 4) is 0 Å². The molecular formula is C21H12N2O2. The van der Waals surface area contributed by atoms with Crippen LogP contribution in [0.25, 0.3) is 23.3 Å². The Hall–Kier alpha value is -3.36. The Labute approximate surface area is 143 Å². The highest BCUT2D eigenvalue weighted by Crippen LogP contribution is 2.38. The third-order valence-corrected chi connectivity index (χ3v) is 5.15. The van der Waals surface area contributed by atoms with Gasteiger partial charge in [-0.25, -0.2) is 0 Å². The van der Waals surface area contributed by atoms with Crippen LogP contribution in [0.15, 0.2) is 42.0 Å². The average Bonchev–Trinajstić information content (AvgIpc) is 2.95. The number of Topliss-reactive ketones (excluding diaryl/α,β-unsaturated/α-hetero) is 2. The molecule has 0 fully saturated rings. The molecule has 0 saturated heterocycles. The van der Waals surface area contributed by atoms with Crippen molar-refractivity contribution in [3.63, 3.8) is 0 Å². The molecule has 0 aliphatic heterocycles. The molecule has 0 aromatic heterocycles. The zero-order valence-electron chi connectivity index (χ0n) is 13.2. The molecule has 3 aliphatic carbocycles. The smallest absolute Gasteiger partial charge is 0.327 e. The van der Waals surface area contributed by atoms with Crippen molar-refractivity contribution >= 4 is 35.0 Å². The van der Waals surface area contributed by atoms with Crippen LogP contribution in [-0.4, -0.2) is 22.1 Å². The lowest BCUT2D eigenvalue weighted by atomic mass is 9.84. The summed E-state index contributed by atoms with van der Waals surface area (Å²) in [6.45, 7) is 0. The van der Waals surface area contributed by atoms with Gasteiger partial charge in [0.2, 0.25) is 0 Å². The normalized spacial score (nSPS) is 17.0. The van der Waals surface area contributed by atoms with E-state index in [2.05, 4.69) is 4.79 Å². The van der Waals surface area contributed by atoms with Crippen LogP contribution in [0.5, 0.6) is 0 Å². The van der Waals surface area contributed by atoms with E-state index >= 15 is 0 Å². The lowest BCUT2D eigenvalue weighted by Gasteiger charge is -2.16. The van der Waals surface area contributed by atoms with Crippen molar-refractivity contribution in [3.05, 3.63) is 80.2 Å². The second-order valence-corrected chi connectivity index (χ2v) is 6.48. The summed E-state index contributed by atoms with van der Waals surface area (Å²) in [5.41, 5.74) is 14.6. The zero-order chi connectivity index (χ0) is 17.1. The summed E-state index contributed by atoms with van der Waals surface area (Å²) in [5.74, 6) is 0.00599. The van der Waals surface area contributed by atoms with E-state index in [-0.39, 0.29) is 11.6 Å². The molecule has 3 aliphatic rings. The van der Waals surface area contributed by atoms with Gasteiger partial charge in [0.25, 0.3) is 0 Å². The maximum Gasteiger partial charge on any atom is 0.327 e. The molecule has 4 nitrogen and oxygen atoms in total. The molecule has 0 atom stereocenters. The van der Waals surface area contributed by atoms with Gasteiger partial charge in [0.1, 0.15) is 0 Å². The fourth-order valence-corrected chi connectivity index (χ4v) is 4.07. The summed E-state index contributed by atoms with van der Waals surface area (Å²) in [5, 5.41) is 1.70. The van der Waals surface area contributed by atoms with E-state index < -0.39 is 0 Å². The number of hydrogen-bond acceptors (Lipinski definition) is 2. The molecule has 0 radical (unpaired) electrons. The van der Waals surface area contributed by atoms with Gasteiger partial charge in [0.15, 0.2) is 11.6 Å². The fourth-order valence-electron chi connectivity index (χ4n) is 4.07. The first kappa shape index (κ1) is 14.0. The van der Waals surface area contributed by atoms with E-state index in [1.54, 1.807) is 6.08 Å². The molecule has 4 heteroatoms. The molecule has 2 aromatic carbocycles. The highest BCUT2D eigenvalue weighted by Gasteiger charge is 2.41. The topological polar surface area (TPSA) is 70.5 Å². The van der Waals surface area contributed by atoms with Gasteiger partial charge in [0.05, 0.1) is 11.1 Å². The van der Waals surface area contributed by atoms with Gasteiger partial charge >= 0.3 is 5.71 Å². The van der Waals surface area contributed by atoms with Crippen molar-refractivity contribution in [2.75, 3.05) is 0 Å². The summed E-state index contributed by atoms with van der Waals surface area (Å²) in [6.07, 6.45) is 4.37. The van der Waals surface area contributed by atoms with Crippen molar-refractivity contribution < 1.29 is 14.4 Å². The molecule has 2 aromatic rings. The number of nitrogens with zero attached hydrogens (tertiary/aromatic N) is 2. The minimum absolute atomic E-state index is 0.0459. The number of carbonyl (C=O) groups is 2. The predicted molar refractivity (Wildman–Crippen MR) is 93.4 cm³/mol. The summed E-state index contributed by atoms with van der Waals surface area (Å²) in [7, 11) is 0. The second-order valence-electron chi connectivity index (χ2n) is 6.48. The maximum absolute atomic E-state index is 13.2. The Balaban J connectivity index is 1.89. The van der Waals surface area contributed by atoms with Crippen molar-refractivity contribution in [2.45, 2.75) is 12.8 Å². The monoisotopic (exact) mass is 324 g/mol. The summed E-state index contributed by atoms with van der Waals surface area (Å²) in [6, 6.07) is 11.2. The number of carbonyl (C=O) groups excluding carboxylic acids is 2. The SMILES string of the molecule is [N-]=[N+]=C1C2=C(C(=O)c3ccccc3C2)c2c1ccc1c2=CCC(=O)C=1. The summed E-state index contributed by atoms with van der Waals surface area (Å²) in [4.78, 5) is 28.4. The Kier molecular flexibility index (Phi) is 2.70. The number of rotatable bonds is 0. The molecule has 0 spiro atoms. The van der Waals surface area contributed by atoms with Gasteiger partial charge in [-0.3, -0.25) is 9.59 Å². The van der Waals surface area contributed by atoms with Crippen LogP contribution in [0, 0.1) is 0 Å². The van der Waals surface area contributed by atoms with Crippen molar-refractivity contribution in [1.82, 2.24) is 0 Å². The van der Waals surface area contributed by atoms with Gasteiger partial charge in [0, 0.05) is 29.5 Å². The molecule has 25 heavy (non-hydrogen) atoms. The third-order valence-electron chi connectivity index (χ3n) is 5.15. The lowest BCUT2D eigenvalue weighted by Crippen LogP contribution is -2.33. The van der Waals surface area contributed by atoms with Crippen LogP contribution in [0.3, 0.4) is 0 Å². The molecule has 0 unspecified atom stereocenters. The Morgan fingerprint density at radius 3 is 2.68 bits per heavy atom. The second kappa shape index (κ2) is 4.82. The molecule has 0 heterocycles. The molecule has 0 saturated carbocycles. The van der Waals surface area contributed by atoms with E-state index in [0.717, 1.165) is 32.7 Å². The van der Waals surface area contributed by atoms with Gasteiger partial charge < -0.3 is 5.53 Å². The van der Waals surface area contributed by atoms with Crippen LogP contribution in [0.2, 0.25) is 0 Å². The molecule has 0 N–H and O–H groups in total. The number of ketones is 2. The Bertz CT molecular complexity index is 1230. The van der Waals surface area contributed by atoms with Crippen molar-refractivity contribution in [2.24, 2.45) is 0 Å². The van der Waals surface area contributed by atoms with Gasteiger partial charge in [-0.15, -0.1) is 0 Å². The maximum atomic E-state index is 13.2. The van der Waals surface area contributed by atoms with Crippen LogP contribution >= 0.6 is 0 Å². The van der Waals surface area contributed by atoms with Crippen LogP contribution in [0.4, 0.5) is 0 Å². The lowest BCUT2D eigenvalue weighted by molar-refractivity contribution is -0.112. The van der Waals surface area contributed by atoms with Gasteiger partial charge in [-0.05, 0) is 28.1 Å². The Morgan fingerprint density at radius 1 is 1.00 bits per heavy atom. The van der Waals surface area contributed by atoms with E-state index in [4.69, 9.17) is 0 Å². The van der Waals surface area contributed by atoms with E-state index in [9.17, 15) is 15.1 Å². The highest BCUT2D eigenvalue weighted by atomic mass is 16.1. The number of fused-ring (bicyclic) bond motifs is 5. The van der Waals surface area contributed by atoms with Crippen molar-refractivity contribution in [1.29, 1.82) is 0 Å². The summed E-state index contributed by atoms with van der Waals surface area (Å²) >= 11 is 0. The molecule has 5 rings (SSSR count). The Morgan fingerprint density at radius 2 is 1.84 bits per heavy atom. The largest absolute Gasteiger partial charge is 0.361 e. The molecule has 118 valence electrons. The zero-order valence-corrected chi connectivity index (χ0v) is 13.2. The third kappa shape index (κ3) is 1.77.